The number of nitrogens with zero attached hydrogens (tertiary/aromatic N) is 2. The number of hydrogen-bond donors (Lipinski definition) is 2. The van der Waals surface area contributed by atoms with Gasteiger partial charge in [-0.1, -0.05) is 0 Å². The topological polar surface area (TPSA) is 83.6 Å². The van der Waals surface area contributed by atoms with Crippen LogP contribution in [0, 0.1) is 18.8 Å². The number of carbonyl (C=O) groups is 2. The molecule has 3 fully saturated rings. The Morgan fingerprint density at radius 1 is 1.46 bits per heavy atom. The molecule has 4 atom stereocenters. The Morgan fingerprint density at radius 3 is 3.04 bits per heavy atom. The van der Waals surface area contributed by atoms with E-state index in [4.69, 9.17) is 4.74 Å². The zero-order valence-corrected chi connectivity index (χ0v) is 16.1. The molecule has 4 rings (SSSR count). The van der Waals surface area contributed by atoms with E-state index >= 15 is 0 Å². The summed E-state index contributed by atoms with van der Waals surface area (Å²) in [7, 11) is 0. The summed E-state index contributed by atoms with van der Waals surface area (Å²) in [5.74, 6) is 0.491. The van der Waals surface area contributed by atoms with Crippen molar-refractivity contribution in [1.29, 1.82) is 0 Å². The van der Waals surface area contributed by atoms with Gasteiger partial charge in [0.1, 0.15) is 0 Å². The van der Waals surface area contributed by atoms with Crippen LogP contribution in [0.25, 0.3) is 0 Å². The summed E-state index contributed by atoms with van der Waals surface area (Å²) in [5.41, 5.74) is 1.10. The van der Waals surface area contributed by atoms with E-state index in [0.29, 0.717) is 18.4 Å². The number of thiazole rings is 1. The van der Waals surface area contributed by atoms with Crippen LogP contribution >= 0.6 is 11.3 Å². The van der Waals surface area contributed by atoms with Crippen molar-refractivity contribution in [2.75, 3.05) is 26.2 Å². The first kappa shape index (κ1) is 17.9. The molecule has 1 aromatic rings. The zero-order valence-electron chi connectivity index (χ0n) is 15.3. The Balaban J connectivity index is 1.35. The molecule has 1 spiro atoms. The average molecular weight is 378 g/mol. The zero-order chi connectivity index (χ0) is 18.3. The standard InChI is InChI=1S/C18H26N4O3S/c1-11(23)19-6-17(24)20-5-14-15-8-22(7-13-9-26-12(2)21-13)10-18(15)4-3-16(14)25-18/h9,14-16H,3-8,10H2,1-2H3,(H,19,23)(H,20,24)/t14-,15+,16+,18+/m0/s1. The SMILES string of the molecule is CC(=O)NCC(=O)NC[C@H]1[C@H]2CN(Cc3csc(C)n3)C[C@]23CC[C@H]1O3. The van der Waals surface area contributed by atoms with Gasteiger partial charge in [0.2, 0.25) is 11.8 Å². The fourth-order valence-electron chi connectivity index (χ4n) is 4.89. The average Bonchev–Trinajstić information content (AvgIpc) is 3.32. The summed E-state index contributed by atoms with van der Waals surface area (Å²) >= 11 is 1.69. The van der Waals surface area contributed by atoms with E-state index < -0.39 is 0 Å². The third-order valence-corrected chi connectivity index (χ3v) is 6.76. The lowest BCUT2D eigenvalue weighted by atomic mass is 9.73. The molecular formula is C18H26N4O3S. The summed E-state index contributed by atoms with van der Waals surface area (Å²) in [5, 5.41) is 8.76. The first-order valence-electron chi connectivity index (χ1n) is 9.27. The van der Waals surface area contributed by atoms with Crippen LogP contribution in [0.15, 0.2) is 5.38 Å². The van der Waals surface area contributed by atoms with Crippen molar-refractivity contribution in [2.45, 2.75) is 44.9 Å². The fourth-order valence-corrected chi connectivity index (χ4v) is 5.49. The van der Waals surface area contributed by atoms with Crippen molar-refractivity contribution < 1.29 is 14.3 Å². The molecular weight excluding hydrogens is 352 g/mol. The van der Waals surface area contributed by atoms with E-state index in [-0.39, 0.29) is 30.1 Å². The lowest BCUT2D eigenvalue weighted by Crippen LogP contribution is -2.44. The minimum Gasteiger partial charge on any atom is -0.370 e. The van der Waals surface area contributed by atoms with Crippen LogP contribution in [0.2, 0.25) is 0 Å². The number of likely N-dealkylation sites (tertiary alicyclic amines) is 1. The Labute approximate surface area is 157 Å². The Hall–Kier alpha value is -1.51. The summed E-state index contributed by atoms with van der Waals surface area (Å²) in [6.45, 7) is 6.95. The van der Waals surface area contributed by atoms with Gasteiger partial charge < -0.3 is 15.4 Å². The Bertz CT molecular complexity index is 708. The number of amides is 2. The Morgan fingerprint density at radius 2 is 2.31 bits per heavy atom. The van der Waals surface area contributed by atoms with Crippen molar-refractivity contribution >= 4 is 23.2 Å². The summed E-state index contributed by atoms with van der Waals surface area (Å²) in [6.07, 6.45) is 2.45. The fraction of sp³-hybridized carbons (Fsp3) is 0.722. The van der Waals surface area contributed by atoms with E-state index in [2.05, 4.69) is 25.9 Å². The molecule has 0 radical (unpaired) electrons. The highest BCUT2D eigenvalue weighted by Crippen LogP contribution is 2.54. The lowest BCUT2D eigenvalue weighted by Gasteiger charge is -2.29. The van der Waals surface area contributed by atoms with Gasteiger partial charge in [0.15, 0.2) is 0 Å². The van der Waals surface area contributed by atoms with E-state index in [1.54, 1.807) is 11.3 Å². The van der Waals surface area contributed by atoms with Gasteiger partial charge in [-0.25, -0.2) is 4.98 Å². The molecule has 0 aromatic carbocycles. The molecule has 0 saturated carbocycles. The van der Waals surface area contributed by atoms with Crippen molar-refractivity contribution in [2.24, 2.45) is 11.8 Å². The van der Waals surface area contributed by atoms with Crippen LogP contribution in [-0.4, -0.2) is 59.6 Å². The van der Waals surface area contributed by atoms with E-state index in [1.165, 1.54) is 6.92 Å². The molecule has 26 heavy (non-hydrogen) atoms. The van der Waals surface area contributed by atoms with Crippen LogP contribution < -0.4 is 10.6 Å². The smallest absolute Gasteiger partial charge is 0.239 e. The second-order valence-corrected chi connectivity index (χ2v) is 8.83. The van der Waals surface area contributed by atoms with Gasteiger partial charge in [0.05, 0.1) is 29.0 Å². The normalized spacial score (nSPS) is 32.6. The van der Waals surface area contributed by atoms with Crippen LogP contribution in [0.1, 0.15) is 30.5 Å². The first-order chi connectivity index (χ1) is 12.4. The number of rotatable bonds is 6. The van der Waals surface area contributed by atoms with E-state index in [0.717, 1.165) is 43.2 Å². The first-order valence-corrected chi connectivity index (χ1v) is 10.2. The molecule has 3 aliphatic heterocycles. The Kier molecular flexibility index (Phi) is 4.75. The monoisotopic (exact) mass is 378 g/mol. The molecule has 0 unspecified atom stereocenters. The highest BCUT2D eigenvalue weighted by atomic mass is 32.1. The molecule has 8 heteroatoms. The predicted molar refractivity (Wildman–Crippen MR) is 97.6 cm³/mol. The molecule has 1 aromatic heterocycles. The number of carbonyl (C=O) groups excluding carboxylic acids is 2. The van der Waals surface area contributed by atoms with E-state index in [1.807, 2.05) is 6.92 Å². The molecule has 3 aliphatic rings. The summed E-state index contributed by atoms with van der Waals surface area (Å²) < 4.78 is 6.42. The minimum atomic E-state index is -0.189. The van der Waals surface area contributed by atoms with Gasteiger partial charge in [-0.3, -0.25) is 14.5 Å². The molecule has 142 valence electrons. The van der Waals surface area contributed by atoms with Crippen LogP contribution in [0.4, 0.5) is 0 Å². The van der Waals surface area contributed by atoms with E-state index in [9.17, 15) is 9.59 Å². The summed E-state index contributed by atoms with van der Waals surface area (Å²) in [6, 6.07) is 0. The number of hydrogen-bond acceptors (Lipinski definition) is 6. The highest BCUT2D eigenvalue weighted by Gasteiger charge is 2.62. The predicted octanol–water partition coefficient (Wildman–Crippen LogP) is 0.683. The van der Waals surface area contributed by atoms with Gasteiger partial charge in [0.25, 0.3) is 0 Å². The highest BCUT2D eigenvalue weighted by molar-refractivity contribution is 7.09. The lowest BCUT2D eigenvalue weighted by molar-refractivity contribution is -0.125. The van der Waals surface area contributed by atoms with Gasteiger partial charge in [-0.2, -0.15) is 0 Å². The number of nitrogens with one attached hydrogen (secondary N) is 2. The molecule has 3 saturated heterocycles. The molecule has 2 N–H and O–H groups in total. The van der Waals surface area contributed by atoms with Gasteiger partial charge >= 0.3 is 0 Å². The van der Waals surface area contributed by atoms with Crippen molar-refractivity contribution in [3.8, 4) is 0 Å². The maximum absolute atomic E-state index is 11.9. The number of aryl methyl sites for hydroxylation is 1. The van der Waals surface area contributed by atoms with Crippen LogP contribution in [0.3, 0.4) is 0 Å². The van der Waals surface area contributed by atoms with Crippen molar-refractivity contribution in [1.82, 2.24) is 20.5 Å². The van der Waals surface area contributed by atoms with Crippen molar-refractivity contribution in [3.05, 3.63) is 16.1 Å². The number of fused-ring (bicyclic) bond motifs is 1. The second kappa shape index (κ2) is 6.90. The molecule has 0 aliphatic carbocycles. The van der Waals surface area contributed by atoms with Crippen LogP contribution in [-0.2, 0) is 20.9 Å². The molecule has 4 heterocycles. The van der Waals surface area contributed by atoms with Gasteiger partial charge in [-0.15, -0.1) is 11.3 Å². The minimum absolute atomic E-state index is 0.0389. The second-order valence-electron chi connectivity index (χ2n) is 7.77. The number of aromatic nitrogens is 1. The molecule has 2 bridgehead atoms. The van der Waals surface area contributed by atoms with Crippen molar-refractivity contribution in [3.63, 3.8) is 0 Å². The molecule has 7 nitrogen and oxygen atoms in total. The largest absolute Gasteiger partial charge is 0.370 e. The maximum Gasteiger partial charge on any atom is 0.239 e. The third kappa shape index (κ3) is 3.37. The van der Waals surface area contributed by atoms with Gasteiger partial charge in [0, 0.05) is 50.3 Å². The van der Waals surface area contributed by atoms with Crippen LogP contribution in [0.5, 0.6) is 0 Å². The quantitative estimate of drug-likeness (QED) is 0.761. The third-order valence-electron chi connectivity index (χ3n) is 5.94. The molecule has 2 amide bonds. The maximum atomic E-state index is 11.9. The summed E-state index contributed by atoms with van der Waals surface area (Å²) in [4.78, 5) is 29.9. The number of ether oxygens (including phenoxy) is 1. The van der Waals surface area contributed by atoms with Gasteiger partial charge in [-0.05, 0) is 19.8 Å².